The molecule has 48 heavy (non-hydrogen) atoms. The lowest BCUT2D eigenvalue weighted by Crippen LogP contribution is -2.00. The Morgan fingerprint density at radius 1 is 0.396 bits per heavy atom. The molecule has 7 aromatic carbocycles. The predicted molar refractivity (Wildman–Crippen MR) is 195 cm³/mol. The third-order valence-electron chi connectivity index (χ3n) is 9.40. The summed E-state index contributed by atoms with van der Waals surface area (Å²) in [6, 6.07) is 59.0. The summed E-state index contributed by atoms with van der Waals surface area (Å²) in [5, 5.41) is 25.6. The monoisotopic (exact) mass is 610 g/mol. The number of rotatable bonds is 4. The molecular weight excluding hydrogens is 585 g/mol. The normalized spacial score (nSPS) is 11.3. The Labute approximate surface area is 277 Å². The van der Waals surface area contributed by atoms with E-state index in [9.17, 15) is 10.5 Å². The van der Waals surface area contributed by atoms with E-state index in [1.807, 2.05) is 18.2 Å². The van der Waals surface area contributed by atoms with Crippen molar-refractivity contribution in [3.05, 3.63) is 169 Å². The molecule has 9 rings (SSSR count). The summed E-state index contributed by atoms with van der Waals surface area (Å²) in [4.78, 5) is 0. The highest BCUT2D eigenvalue weighted by molar-refractivity contribution is 6.10. The molecule has 0 fully saturated rings. The van der Waals surface area contributed by atoms with Crippen molar-refractivity contribution < 1.29 is 0 Å². The smallest absolute Gasteiger partial charge is 0.101 e. The number of para-hydroxylation sites is 5. The molecule has 222 valence electrons. The Morgan fingerprint density at radius 3 is 1.48 bits per heavy atom. The first-order valence-corrected chi connectivity index (χ1v) is 15.9. The van der Waals surface area contributed by atoms with E-state index >= 15 is 0 Å². The standard InChI is InChI=1S/C44H26N4/c45-27-31-24-30(29-12-11-13-32(25-29)47-40-19-6-1-14-33(40)34-15-2-7-20-41(34)47)26-38(39(31)28-46)37-18-5-10-23-44(37)48-42-21-8-3-16-35(42)36-17-4-9-22-43(36)48/h1-26H. The van der Waals surface area contributed by atoms with Crippen molar-refractivity contribution in [3.63, 3.8) is 0 Å². The molecule has 0 atom stereocenters. The van der Waals surface area contributed by atoms with Crippen molar-refractivity contribution in [3.8, 4) is 45.8 Å². The summed E-state index contributed by atoms with van der Waals surface area (Å²) >= 11 is 0. The van der Waals surface area contributed by atoms with E-state index in [0.717, 1.165) is 66.5 Å². The average Bonchev–Trinajstić information content (AvgIpc) is 3.67. The number of hydrogen-bond donors (Lipinski definition) is 0. The Hall–Kier alpha value is -6.88. The minimum atomic E-state index is 0.351. The quantitative estimate of drug-likeness (QED) is 0.199. The van der Waals surface area contributed by atoms with Gasteiger partial charge in [0.05, 0.1) is 38.9 Å². The number of nitrogens with zero attached hydrogens (tertiary/aromatic N) is 4. The van der Waals surface area contributed by atoms with Crippen LogP contribution in [0, 0.1) is 22.7 Å². The molecule has 0 aliphatic carbocycles. The Bertz CT molecular complexity index is 2710. The maximum Gasteiger partial charge on any atom is 0.101 e. The summed E-state index contributed by atoms with van der Waals surface area (Å²) in [5.74, 6) is 0. The van der Waals surface area contributed by atoms with E-state index in [2.05, 4.69) is 161 Å². The van der Waals surface area contributed by atoms with Crippen LogP contribution in [-0.4, -0.2) is 9.13 Å². The van der Waals surface area contributed by atoms with Crippen molar-refractivity contribution >= 4 is 43.6 Å². The van der Waals surface area contributed by atoms with E-state index in [1.165, 1.54) is 10.8 Å². The molecule has 0 spiro atoms. The van der Waals surface area contributed by atoms with Crippen LogP contribution < -0.4 is 0 Å². The van der Waals surface area contributed by atoms with Crippen LogP contribution >= 0.6 is 0 Å². The lowest BCUT2D eigenvalue weighted by Gasteiger charge is -2.17. The van der Waals surface area contributed by atoms with Gasteiger partial charge in [-0.05, 0) is 65.7 Å². The minimum absolute atomic E-state index is 0.351. The number of aromatic nitrogens is 2. The fourth-order valence-corrected chi connectivity index (χ4v) is 7.33. The second kappa shape index (κ2) is 10.9. The molecule has 2 aromatic heterocycles. The number of fused-ring (bicyclic) bond motifs is 6. The third kappa shape index (κ3) is 4.07. The average molecular weight is 611 g/mol. The summed E-state index contributed by atoms with van der Waals surface area (Å²) in [7, 11) is 0. The molecule has 0 N–H and O–H groups in total. The fourth-order valence-electron chi connectivity index (χ4n) is 7.33. The summed E-state index contributed by atoms with van der Waals surface area (Å²) in [6.07, 6.45) is 0. The predicted octanol–water partition coefficient (Wildman–Crippen LogP) is 11.0. The van der Waals surface area contributed by atoms with Gasteiger partial charge in [-0.15, -0.1) is 0 Å². The van der Waals surface area contributed by atoms with Crippen molar-refractivity contribution in [1.82, 2.24) is 9.13 Å². The van der Waals surface area contributed by atoms with Crippen LogP contribution in [0.3, 0.4) is 0 Å². The van der Waals surface area contributed by atoms with Gasteiger partial charge in [0.1, 0.15) is 12.1 Å². The number of hydrogen-bond acceptors (Lipinski definition) is 2. The van der Waals surface area contributed by atoms with Crippen LogP contribution in [0.1, 0.15) is 11.1 Å². The summed E-state index contributed by atoms with van der Waals surface area (Å²) < 4.78 is 4.56. The Kier molecular flexibility index (Phi) is 6.22. The zero-order chi connectivity index (χ0) is 32.2. The van der Waals surface area contributed by atoms with E-state index < -0.39 is 0 Å². The maximum absolute atomic E-state index is 10.5. The highest BCUT2D eigenvalue weighted by atomic mass is 15.0. The second-order valence-electron chi connectivity index (χ2n) is 12.0. The SMILES string of the molecule is N#Cc1cc(-c2cccc(-n3c4ccccc4c4ccccc43)c2)cc(-c2ccccc2-n2c3ccccc3c3ccccc32)c1C#N. The minimum Gasteiger partial charge on any atom is -0.309 e. The van der Waals surface area contributed by atoms with E-state index in [-0.39, 0.29) is 0 Å². The van der Waals surface area contributed by atoms with E-state index in [4.69, 9.17) is 0 Å². The largest absolute Gasteiger partial charge is 0.309 e. The van der Waals surface area contributed by atoms with Crippen LogP contribution in [0.2, 0.25) is 0 Å². The van der Waals surface area contributed by atoms with Gasteiger partial charge in [0.2, 0.25) is 0 Å². The molecule has 0 saturated carbocycles. The van der Waals surface area contributed by atoms with Crippen LogP contribution in [0.15, 0.2) is 158 Å². The van der Waals surface area contributed by atoms with Gasteiger partial charge < -0.3 is 9.13 Å². The molecule has 0 unspecified atom stereocenters. The van der Waals surface area contributed by atoms with Crippen LogP contribution in [0.4, 0.5) is 0 Å². The zero-order valence-corrected chi connectivity index (χ0v) is 25.8. The highest BCUT2D eigenvalue weighted by Crippen LogP contribution is 2.40. The maximum atomic E-state index is 10.5. The number of benzene rings is 7. The topological polar surface area (TPSA) is 57.4 Å². The zero-order valence-electron chi connectivity index (χ0n) is 25.8. The molecule has 2 heterocycles. The molecule has 9 aromatic rings. The van der Waals surface area contributed by atoms with Crippen molar-refractivity contribution in [1.29, 1.82) is 10.5 Å². The molecule has 0 amide bonds. The molecule has 0 aliphatic heterocycles. The van der Waals surface area contributed by atoms with Gasteiger partial charge >= 0.3 is 0 Å². The Morgan fingerprint density at radius 2 is 0.917 bits per heavy atom. The van der Waals surface area contributed by atoms with E-state index in [0.29, 0.717) is 11.1 Å². The van der Waals surface area contributed by atoms with Crippen molar-refractivity contribution in [2.24, 2.45) is 0 Å². The van der Waals surface area contributed by atoms with Gasteiger partial charge in [-0.2, -0.15) is 10.5 Å². The van der Waals surface area contributed by atoms with Crippen molar-refractivity contribution in [2.45, 2.75) is 0 Å². The molecule has 0 saturated heterocycles. The van der Waals surface area contributed by atoms with Gasteiger partial charge in [0.15, 0.2) is 0 Å². The first-order valence-electron chi connectivity index (χ1n) is 15.9. The first kappa shape index (κ1) is 27.4. The fraction of sp³-hybridized carbons (Fsp3) is 0. The number of nitriles is 2. The van der Waals surface area contributed by atoms with E-state index in [1.54, 1.807) is 0 Å². The lowest BCUT2D eigenvalue weighted by atomic mass is 9.90. The molecule has 0 aliphatic rings. The lowest BCUT2D eigenvalue weighted by molar-refractivity contribution is 1.18. The van der Waals surface area contributed by atoms with Gasteiger partial charge in [0, 0.05) is 38.4 Å². The van der Waals surface area contributed by atoms with Gasteiger partial charge in [0.25, 0.3) is 0 Å². The van der Waals surface area contributed by atoms with Crippen LogP contribution in [-0.2, 0) is 0 Å². The summed E-state index contributed by atoms with van der Waals surface area (Å²) in [5.41, 5.74) is 10.6. The van der Waals surface area contributed by atoms with Gasteiger partial charge in [-0.3, -0.25) is 0 Å². The summed E-state index contributed by atoms with van der Waals surface area (Å²) in [6.45, 7) is 0. The third-order valence-corrected chi connectivity index (χ3v) is 9.40. The first-order chi connectivity index (χ1) is 23.7. The van der Waals surface area contributed by atoms with Crippen LogP contribution in [0.25, 0.3) is 77.2 Å². The molecular formula is C44H26N4. The molecule has 0 radical (unpaired) electrons. The van der Waals surface area contributed by atoms with Gasteiger partial charge in [-0.25, -0.2) is 0 Å². The molecule has 4 heteroatoms. The van der Waals surface area contributed by atoms with Crippen molar-refractivity contribution in [2.75, 3.05) is 0 Å². The molecule has 0 bridgehead atoms. The molecule has 4 nitrogen and oxygen atoms in total. The van der Waals surface area contributed by atoms with Crippen LogP contribution in [0.5, 0.6) is 0 Å². The highest BCUT2D eigenvalue weighted by Gasteiger charge is 2.20. The Balaban J connectivity index is 1.28. The second-order valence-corrected chi connectivity index (χ2v) is 12.0. The van der Waals surface area contributed by atoms with Gasteiger partial charge in [-0.1, -0.05) is 103 Å².